The Labute approximate surface area is 138 Å². The van der Waals surface area contributed by atoms with Crippen molar-refractivity contribution >= 4 is 5.91 Å². The zero-order chi connectivity index (χ0) is 17.0. The van der Waals surface area contributed by atoms with Crippen LogP contribution >= 0.6 is 0 Å². The van der Waals surface area contributed by atoms with Gasteiger partial charge in [0.25, 0.3) is 5.91 Å². The summed E-state index contributed by atoms with van der Waals surface area (Å²) >= 11 is 0. The highest BCUT2D eigenvalue weighted by atomic mass is 19.1. The lowest BCUT2D eigenvalue weighted by Crippen LogP contribution is -2.57. The number of amides is 1. The van der Waals surface area contributed by atoms with Gasteiger partial charge in [-0.05, 0) is 11.6 Å². The van der Waals surface area contributed by atoms with E-state index in [1.54, 1.807) is 23.1 Å². The molecule has 7 heteroatoms. The molecule has 126 valence electrons. The minimum atomic E-state index is -1.02. The fraction of sp³-hybridized carbons (Fsp3) is 0.353. The molecule has 2 heterocycles. The first-order valence-corrected chi connectivity index (χ1v) is 7.66. The maximum atomic E-state index is 13.9. The number of aromatic nitrogens is 2. The van der Waals surface area contributed by atoms with Crippen molar-refractivity contribution in [3.8, 4) is 0 Å². The van der Waals surface area contributed by atoms with Gasteiger partial charge in [0.2, 0.25) is 0 Å². The number of ether oxygens (including phenoxy) is 1. The van der Waals surface area contributed by atoms with E-state index in [-0.39, 0.29) is 37.9 Å². The molecule has 1 N–H and O–H groups in total. The van der Waals surface area contributed by atoms with Gasteiger partial charge in [0.15, 0.2) is 0 Å². The van der Waals surface area contributed by atoms with Crippen molar-refractivity contribution in [2.24, 2.45) is 0 Å². The van der Waals surface area contributed by atoms with Crippen LogP contribution < -0.4 is 0 Å². The molecule has 2 aromatic rings. The monoisotopic (exact) mass is 331 g/mol. The normalized spacial score (nSPS) is 20.8. The highest BCUT2D eigenvalue weighted by Crippen LogP contribution is 2.25. The van der Waals surface area contributed by atoms with Crippen molar-refractivity contribution in [2.75, 3.05) is 26.3 Å². The molecule has 1 atom stereocenters. The van der Waals surface area contributed by atoms with Gasteiger partial charge in [0.05, 0.1) is 25.3 Å². The second-order valence-corrected chi connectivity index (χ2v) is 5.81. The number of morpholine rings is 1. The summed E-state index contributed by atoms with van der Waals surface area (Å²) in [5.41, 5.74) is -0.202. The fourth-order valence-electron chi connectivity index (χ4n) is 2.86. The molecule has 1 amide bonds. The number of halogens is 1. The van der Waals surface area contributed by atoms with E-state index in [4.69, 9.17) is 4.74 Å². The van der Waals surface area contributed by atoms with Crippen molar-refractivity contribution < 1.29 is 19.0 Å². The van der Waals surface area contributed by atoms with E-state index in [9.17, 15) is 14.3 Å². The largest absolute Gasteiger partial charge is 0.393 e. The maximum Gasteiger partial charge on any atom is 0.257 e. The van der Waals surface area contributed by atoms with E-state index in [0.717, 1.165) is 0 Å². The van der Waals surface area contributed by atoms with Crippen molar-refractivity contribution in [1.29, 1.82) is 0 Å². The topological polar surface area (TPSA) is 75.6 Å². The number of nitrogens with zero attached hydrogens (tertiary/aromatic N) is 3. The Morgan fingerprint density at radius 2 is 2.08 bits per heavy atom. The number of hydrogen-bond donors (Lipinski definition) is 1. The maximum absolute atomic E-state index is 13.9. The molecular formula is C17H18FN3O3. The molecule has 0 saturated carbocycles. The summed E-state index contributed by atoms with van der Waals surface area (Å²) in [6.45, 7) is 0.531. The zero-order valence-electron chi connectivity index (χ0n) is 13.1. The summed E-state index contributed by atoms with van der Waals surface area (Å²) in [6, 6.07) is 6.36. The van der Waals surface area contributed by atoms with Crippen LogP contribution in [0.4, 0.5) is 4.39 Å². The average molecular weight is 331 g/mol. The minimum Gasteiger partial charge on any atom is -0.393 e. The van der Waals surface area contributed by atoms with Crippen LogP contribution in [0.25, 0.3) is 0 Å². The van der Waals surface area contributed by atoms with E-state index >= 15 is 0 Å². The van der Waals surface area contributed by atoms with E-state index in [0.29, 0.717) is 17.7 Å². The van der Waals surface area contributed by atoms with Gasteiger partial charge in [-0.15, -0.1) is 0 Å². The third-order valence-electron chi connectivity index (χ3n) is 4.10. The van der Waals surface area contributed by atoms with Crippen LogP contribution in [0.3, 0.4) is 0 Å². The van der Waals surface area contributed by atoms with Gasteiger partial charge in [-0.1, -0.05) is 18.2 Å². The number of carbonyl (C=O) groups excluding carboxylic acids is 1. The molecular weight excluding hydrogens is 313 g/mol. The van der Waals surface area contributed by atoms with E-state index < -0.39 is 5.60 Å². The molecule has 3 rings (SSSR count). The van der Waals surface area contributed by atoms with Crippen LogP contribution in [0.1, 0.15) is 15.9 Å². The first-order valence-electron chi connectivity index (χ1n) is 7.66. The molecule has 1 aromatic carbocycles. The number of carbonyl (C=O) groups is 1. The number of aliphatic hydroxyl groups excluding tert-OH is 1. The number of rotatable bonds is 4. The molecule has 1 saturated heterocycles. The quantitative estimate of drug-likeness (QED) is 0.907. The SMILES string of the molecule is O=C(c1cncnc1)N1CCO[C@@](CO)(Cc2ccccc2F)C1. The molecule has 1 aliphatic heterocycles. The second kappa shape index (κ2) is 7.02. The lowest BCUT2D eigenvalue weighted by Gasteiger charge is -2.41. The predicted molar refractivity (Wildman–Crippen MR) is 83.8 cm³/mol. The van der Waals surface area contributed by atoms with Gasteiger partial charge in [0, 0.05) is 25.4 Å². The number of aliphatic hydroxyl groups is 1. The highest BCUT2D eigenvalue weighted by molar-refractivity contribution is 5.93. The fourth-order valence-corrected chi connectivity index (χ4v) is 2.86. The minimum absolute atomic E-state index is 0.172. The smallest absolute Gasteiger partial charge is 0.257 e. The molecule has 1 fully saturated rings. The molecule has 0 bridgehead atoms. The molecule has 1 aromatic heterocycles. The van der Waals surface area contributed by atoms with Crippen molar-refractivity contribution in [3.05, 3.63) is 59.9 Å². The Morgan fingerprint density at radius 1 is 1.33 bits per heavy atom. The van der Waals surface area contributed by atoms with Crippen molar-refractivity contribution in [3.63, 3.8) is 0 Å². The molecule has 0 radical (unpaired) electrons. The summed E-state index contributed by atoms with van der Waals surface area (Å²) in [6.07, 6.45) is 4.43. The number of benzene rings is 1. The molecule has 0 spiro atoms. The summed E-state index contributed by atoms with van der Waals surface area (Å²) in [5, 5.41) is 9.85. The summed E-state index contributed by atoms with van der Waals surface area (Å²) in [4.78, 5) is 21.8. The van der Waals surface area contributed by atoms with Crippen molar-refractivity contribution in [2.45, 2.75) is 12.0 Å². The highest BCUT2D eigenvalue weighted by Gasteiger charge is 2.39. The van der Waals surface area contributed by atoms with Gasteiger partial charge in [-0.3, -0.25) is 4.79 Å². The van der Waals surface area contributed by atoms with Gasteiger partial charge in [-0.2, -0.15) is 0 Å². The molecule has 1 aliphatic rings. The van der Waals surface area contributed by atoms with E-state index in [2.05, 4.69) is 9.97 Å². The Kier molecular flexibility index (Phi) is 4.82. The van der Waals surface area contributed by atoms with E-state index in [1.807, 2.05) is 0 Å². The first-order chi connectivity index (χ1) is 11.6. The standard InChI is InChI=1S/C17H18FN3O3/c18-15-4-2-1-3-13(15)7-17(11-22)10-21(5-6-24-17)16(23)14-8-19-12-20-9-14/h1-4,8-9,12,22H,5-7,10-11H2/t17-/m0/s1. The Balaban J connectivity index is 1.79. The predicted octanol–water partition coefficient (Wildman–Crippen LogP) is 1.06. The summed E-state index contributed by atoms with van der Waals surface area (Å²) in [5.74, 6) is -0.584. The van der Waals surface area contributed by atoms with Gasteiger partial charge in [0.1, 0.15) is 17.7 Å². The third-order valence-corrected chi connectivity index (χ3v) is 4.10. The van der Waals surface area contributed by atoms with Crippen LogP contribution in [0.5, 0.6) is 0 Å². The Morgan fingerprint density at radius 3 is 2.79 bits per heavy atom. The van der Waals surface area contributed by atoms with Crippen molar-refractivity contribution in [1.82, 2.24) is 14.9 Å². The van der Waals surface area contributed by atoms with Crippen LogP contribution in [0.2, 0.25) is 0 Å². The number of hydrogen-bond acceptors (Lipinski definition) is 5. The van der Waals surface area contributed by atoms with Gasteiger partial charge < -0.3 is 14.7 Å². The van der Waals surface area contributed by atoms with Crippen LogP contribution in [0, 0.1) is 5.82 Å². The molecule has 24 heavy (non-hydrogen) atoms. The third kappa shape index (κ3) is 3.42. The van der Waals surface area contributed by atoms with Crippen LogP contribution in [-0.2, 0) is 11.2 Å². The lowest BCUT2D eigenvalue weighted by molar-refractivity contribution is -0.123. The Hall–Kier alpha value is -2.38. The second-order valence-electron chi connectivity index (χ2n) is 5.81. The summed E-state index contributed by atoms with van der Waals surface area (Å²) < 4.78 is 19.7. The van der Waals surface area contributed by atoms with E-state index in [1.165, 1.54) is 24.8 Å². The van der Waals surface area contributed by atoms with Crippen LogP contribution in [-0.4, -0.2) is 57.8 Å². The molecule has 0 unspecified atom stereocenters. The van der Waals surface area contributed by atoms with Gasteiger partial charge in [-0.25, -0.2) is 14.4 Å². The molecule has 0 aliphatic carbocycles. The zero-order valence-corrected chi connectivity index (χ0v) is 13.1. The molecule has 6 nitrogen and oxygen atoms in total. The lowest BCUT2D eigenvalue weighted by atomic mass is 9.92. The Bertz CT molecular complexity index is 713. The first kappa shape index (κ1) is 16.5. The van der Waals surface area contributed by atoms with Crippen LogP contribution in [0.15, 0.2) is 43.0 Å². The summed E-state index contributed by atoms with van der Waals surface area (Å²) in [7, 11) is 0. The average Bonchev–Trinajstić information content (AvgIpc) is 2.64. The van der Waals surface area contributed by atoms with Gasteiger partial charge >= 0.3 is 0 Å².